The van der Waals surface area contributed by atoms with Crippen LogP contribution in [0.1, 0.15) is 128 Å². The summed E-state index contributed by atoms with van der Waals surface area (Å²) in [6, 6.07) is 2.46. The summed E-state index contributed by atoms with van der Waals surface area (Å²) in [5.41, 5.74) is 0.660. The number of unbranched alkanes of at least 4 members (excludes halogenated alkanes) is 3. The van der Waals surface area contributed by atoms with Crippen LogP contribution < -0.4 is 0 Å². The molecular weight excluding hydrogens is 417 g/mol. The van der Waals surface area contributed by atoms with Gasteiger partial charge in [-0.25, -0.2) is 13.2 Å². The van der Waals surface area contributed by atoms with Crippen molar-refractivity contribution < 1.29 is 13.2 Å². The molecule has 0 nitrogen and oxygen atoms in total. The lowest BCUT2D eigenvalue weighted by atomic mass is 9.63. The second kappa shape index (κ2) is 12.1. The summed E-state index contributed by atoms with van der Waals surface area (Å²) in [6.07, 6.45) is 22.9. The van der Waals surface area contributed by atoms with Crippen LogP contribution in [0.25, 0.3) is 0 Å². The molecule has 0 bridgehead atoms. The van der Waals surface area contributed by atoms with Crippen LogP contribution in [-0.4, -0.2) is 0 Å². The van der Waals surface area contributed by atoms with E-state index >= 15 is 0 Å². The molecule has 0 aliphatic heterocycles. The van der Waals surface area contributed by atoms with Gasteiger partial charge in [0.2, 0.25) is 0 Å². The maximum absolute atomic E-state index is 13.7. The van der Waals surface area contributed by atoms with Gasteiger partial charge in [-0.3, -0.25) is 0 Å². The van der Waals surface area contributed by atoms with E-state index in [4.69, 9.17) is 0 Å². The first kappa shape index (κ1) is 25.1. The van der Waals surface area contributed by atoms with Gasteiger partial charge in [0, 0.05) is 0 Å². The fourth-order valence-corrected chi connectivity index (χ4v) is 7.50. The number of fused-ring (bicyclic) bond motifs is 1. The predicted octanol–water partition coefficient (Wildman–Crippen LogP) is 9.96. The molecule has 0 radical (unpaired) electrons. The molecule has 4 unspecified atom stereocenters. The largest absolute Gasteiger partial charge is 0.204 e. The van der Waals surface area contributed by atoms with Crippen LogP contribution in [-0.2, 0) is 0 Å². The van der Waals surface area contributed by atoms with Crippen molar-refractivity contribution in [1.82, 2.24) is 0 Å². The van der Waals surface area contributed by atoms with Gasteiger partial charge in [0.05, 0.1) is 0 Å². The van der Waals surface area contributed by atoms with Crippen LogP contribution in [0.5, 0.6) is 0 Å². The van der Waals surface area contributed by atoms with Gasteiger partial charge in [-0.2, -0.15) is 0 Å². The van der Waals surface area contributed by atoms with Gasteiger partial charge in [-0.1, -0.05) is 84.0 Å². The molecule has 3 aliphatic carbocycles. The van der Waals surface area contributed by atoms with Crippen molar-refractivity contribution in [2.75, 3.05) is 0 Å². The minimum absolute atomic E-state index is 0.185. The van der Waals surface area contributed by atoms with Crippen LogP contribution in [0.2, 0.25) is 0 Å². The minimum atomic E-state index is -1.34. The Morgan fingerprint density at radius 1 is 0.636 bits per heavy atom. The van der Waals surface area contributed by atoms with Crippen molar-refractivity contribution in [1.29, 1.82) is 0 Å². The standard InChI is InChI=1S/C30H45F3/c1-2-3-4-5-6-21-7-9-22(10-8-21)11-12-23-13-14-25-18-26(16-15-24(25)17-23)27-19-28(31)30(33)29(32)20-27/h19-26H,2-18H2,1H3. The summed E-state index contributed by atoms with van der Waals surface area (Å²) in [5.74, 6) is 1.09. The first-order valence-corrected chi connectivity index (χ1v) is 14.2. The fraction of sp³-hybridized carbons (Fsp3) is 0.800. The molecular formula is C30H45F3. The molecule has 1 aromatic carbocycles. The normalized spacial score (nSPS) is 32.5. The smallest absolute Gasteiger partial charge is 0.194 e. The maximum Gasteiger partial charge on any atom is 0.194 e. The Labute approximate surface area is 200 Å². The third-order valence-corrected chi connectivity index (χ3v) is 9.61. The van der Waals surface area contributed by atoms with Gasteiger partial charge in [0.25, 0.3) is 0 Å². The summed E-state index contributed by atoms with van der Waals surface area (Å²) < 4.78 is 40.8. The van der Waals surface area contributed by atoms with Crippen molar-refractivity contribution in [3.8, 4) is 0 Å². The molecule has 0 spiro atoms. The van der Waals surface area contributed by atoms with Crippen LogP contribution in [0.4, 0.5) is 13.2 Å². The third-order valence-electron chi connectivity index (χ3n) is 9.61. The summed E-state index contributed by atoms with van der Waals surface area (Å²) >= 11 is 0. The maximum atomic E-state index is 13.7. The van der Waals surface area contributed by atoms with Crippen molar-refractivity contribution in [3.63, 3.8) is 0 Å². The molecule has 0 N–H and O–H groups in total. The zero-order valence-corrected chi connectivity index (χ0v) is 20.8. The molecule has 0 saturated heterocycles. The highest BCUT2D eigenvalue weighted by Gasteiger charge is 2.36. The summed E-state index contributed by atoms with van der Waals surface area (Å²) in [4.78, 5) is 0. The van der Waals surface area contributed by atoms with Crippen molar-refractivity contribution in [2.24, 2.45) is 29.6 Å². The van der Waals surface area contributed by atoms with Crippen LogP contribution in [0.3, 0.4) is 0 Å². The second-order valence-corrected chi connectivity index (χ2v) is 11.8. The monoisotopic (exact) mass is 462 g/mol. The number of halogens is 3. The molecule has 3 saturated carbocycles. The first-order valence-electron chi connectivity index (χ1n) is 14.2. The Bertz CT molecular complexity index is 713. The highest BCUT2D eigenvalue weighted by molar-refractivity contribution is 5.24. The molecule has 3 aliphatic rings. The fourth-order valence-electron chi connectivity index (χ4n) is 7.50. The molecule has 3 fully saturated rings. The lowest BCUT2D eigenvalue weighted by Crippen LogP contribution is -2.30. The zero-order chi connectivity index (χ0) is 23.2. The number of rotatable bonds is 9. The Hall–Kier alpha value is -0.990. The van der Waals surface area contributed by atoms with Gasteiger partial charge < -0.3 is 0 Å². The average molecular weight is 463 g/mol. The van der Waals surface area contributed by atoms with E-state index in [1.54, 1.807) is 0 Å². The Kier molecular flexibility index (Phi) is 9.22. The van der Waals surface area contributed by atoms with Crippen LogP contribution in [0.15, 0.2) is 12.1 Å². The quantitative estimate of drug-likeness (QED) is 0.253. The summed E-state index contributed by atoms with van der Waals surface area (Å²) in [6.45, 7) is 2.29. The van der Waals surface area contributed by atoms with Crippen molar-refractivity contribution in [3.05, 3.63) is 35.1 Å². The van der Waals surface area contributed by atoms with Gasteiger partial charge in [-0.15, -0.1) is 0 Å². The number of benzene rings is 1. The van der Waals surface area contributed by atoms with E-state index in [2.05, 4.69) is 6.92 Å². The Balaban J connectivity index is 1.16. The van der Waals surface area contributed by atoms with Crippen LogP contribution in [0, 0.1) is 47.0 Å². The minimum Gasteiger partial charge on any atom is -0.204 e. The van der Waals surface area contributed by atoms with E-state index in [1.807, 2.05) is 0 Å². The van der Waals surface area contributed by atoms with Gasteiger partial charge in [-0.05, 0) is 85.3 Å². The Morgan fingerprint density at radius 3 is 1.91 bits per heavy atom. The molecule has 186 valence electrons. The number of hydrogen-bond donors (Lipinski definition) is 0. The molecule has 0 aromatic heterocycles. The van der Waals surface area contributed by atoms with Crippen LogP contribution >= 0.6 is 0 Å². The highest BCUT2D eigenvalue weighted by atomic mass is 19.2. The molecule has 4 rings (SSSR count). The molecule has 0 amide bonds. The van der Waals surface area contributed by atoms with E-state index < -0.39 is 17.5 Å². The topological polar surface area (TPSA) is 0 Å². The summed E-state index contributed by atoms with van der Waals surface area (Å²) in [5, 5.41) is 0. The number of hydrogen-bond acceptors (Lipinski definition) is 0. The second-order valence-electron chi connectivity index (χ2n) is 11.8. The van der Waals surface area contributed by atoms with E-state index in [1.165, 1.54) is 102 Å². The predicted molar refractivity (Wildman–Crippen MR) is 131 cm³/mol. The molecule has 33 heavy (non-hydrogen) atoms. The molecule has 4 atom stereocenters. The van der Waals surface area contributed by atoms with Crippen molar-refractivity contribution in [2.45, 2.75) is 122 Å². The Morgan fingerprint density at radius 2 is 1.21 bits per heavy atom. The van der Waals surface area contributed by atoms with Crippen molar-refractivity contribution >= 4 is 0 Å². The van der Waals surface area contributed by atoms with Gasteiger partial charge in [0.1, 0.15) is 0 Å². The van der Waals surface area contributed by atoms with Gasteiger partial charge in [0.15, 0.2) is 17.5 Å². The van der Waals surface area contributed by atoms with E-state index in [0.717, 1.165) is 42.9 Å². The van der Waals surface area contributed by atoms with E-state index in [-0.39, 0.29) is 5.92 Å². The molecule has 1 aromatic rings. The third kappa shape index (κ3) is 6.79. The zero-order valence-electron chi connectivity index (χ0n) is 20.8. The highest BCUT2D eigenvalue weighted by Crippen LogP contribution is 2.49. The lowest BCUT2D eigenvalue weighted by molar-refractivity contribution is 0.108. The van der Waals surface area contributed by atoms with E-state index in [0.29, 0.717) is 11.5 Å². The van der Waals surface area contributed by atoms with Gasteiger partial charge >= 0.3 is 0 Å². The molecule has 0 heterocycles. The lowest BCUT2D eigenvalue weighted by Gasteiger charge is -2.43. The first-order chi connectivity index (χ1) is 16.0. The van der Waals surface area contributed by atoms with E-state index in [9.17, 15) is 13.2 Å². The average Bonchev–Trinajstić information content (AvgIpc) is 2.84. The summed E-state index contributed by atoms with van der Waals surface area (Å²) in [7, 11) is 0. The SMILES string of the molecule is CCCCCCC1CCC(CCC2CCC3CC(c4cc(F)c(F)c(F)c4)CCC3C2)CC1. The molecule has 3 heteroatoms.